The molecular formula is C6H10NO2+. The quantitative estimate of drug-likeness (QED) is 0.514. The molecule has 0 atom stereocenters. The first kappa shape index (κ1) is 6.13. The van der Waals surface area contributed by atoms with Crippen molar-refractivity contribution < 1.29 is 14.1 Å². The van der Waals surface area contributed by atoms with Crippen LogP contribution in [0.3, 0.4) is 0 Å². The van der Waals surface area contributed by atoms with E-state index in [1.54, 1.807) is 18.4 Å². The van der Waals surface area contributed by atoms with Gasteiger partial charge in [-0.05, 0) is 0 Å². The van der Waals surface area contributed by atoms with Gasteiger partial charge in [0.25, 0.3) is 5.69 Å². The second kappa shape index (κ2) is 1.76. The Morgan fingerprint density at radius 2 is 2.00 bits per heavy atom. The highest BCUT2D eigenvalue weighted by atomic mass is 16.5. The number of aromatic hydroxyl groups is 1. The minimum Gasteiger partial charge on any atom is -0.476 e. The van der Waals surface area contributed by atoms with E-state index in [1.165, 1.54) is 0 Å². The molecule has 0 fully saturated rings. The highest BCUT2D eigenvalue weighted by molar-refractivity contribution is 5.04. The minimum absolute atomic E-state index is 0.00926. The molecule has 1 aromatic rings. The van der Waals surface area contributed by atoms with Gasteiger partial charge >= 0.3 is 11.8 Å². The molecule has 1 aromatic heterocycles. The van der Waals surface area contributed by atoms with Crippen LogP contribution in [0.4, 0.5) is 0 Å². The first-order chi connectivity index (χ1) is 4.13. The summed E-state index contributed by atoms with van der Waals surface area (Å²) in [6, 6.07) is 0. The van der Waals surface area contributed by atoms with Crippen LogP contribution in [0.1, 0.15) is 11.6 Å². The molecule has 0 unspecified atom stereocenters. The minimum atomic E-state index is 0.00926. The molecule has 0 aromatic carbocycles. The summed E-state index contributed by atoms with van der Waals surface area (Å²) < 4.78 is 6.65. The van der Waals surface area contributed by atoms with Crippen LogP contribution in [-0.4, -0.2) is 5.11 Å². The standard InChI is InChI=1S/C6H9NO2/c1-4-6(8)9-5(2)7(4)3/h1-3H3/p+1. The van der Waals surface area contributed by atoms with Gasteiger partial charge in [-0.3, -0.25) is 0 Å². The van der Waals surface area contributed by atoms with E-state index in [9.17, 15) is 0 Å². The predicted octanol–water partition coefficient (Wildman–Crippen LogP) is 0.427. The predicted molar refractivity (Wildman–Crippen MR) is 31.0 cm³/mol. The molecule has 0 radical (unpaired) electrons. The van der Waals surface area contributed by atoms with Crippen molar-refractivity contribution in [1.29, 1.82) is 0 Å². The van der Waals surface area contributed by atoms with Gasteiger partial charge < -0.3 is 9.52 Å². The first-order valence-corrected chi connectivity index (χ1v) is 2.78. The Kier molecular flexibility index (Phi) is 1.20. The van der Waals surface area contributed by atoms with E-state index in [2.05, 4.69) is 0 Å². The van der Waals surface area contributed by atoms with Crippen LogP contribution in [0.2, 0.25) is 0 Å². The van der Waals surface area contributed by atoms with E-state index in [4.69, 9.17) is 9.52 Å². The molecule has 9 heavy (non-hydrogen) atoms. The normalized spacial score (nSPS) is 10.1. The summed E-state index contributed by atoms with van der Waals surface area (Å²) in [6.07, 6.45) is 0. The van der Waals surface area contributed by atoms with Crippen molar-refractivity contribution in [2.45, 2.75) is 13.8 Å². The molecule has 3 nitrogen and oxygen atoms in total. The van der Waals surface area contributed by atoms with E-state index in [0.29, 0.717) is 5.89 Å². The Hall–Kier alpha value is -0.990. The molecule has 3 heteroatoms. The fraction of sp³-hybridized carbons (Fsp3) is 0.500. The molecular weight excluding hydrogens is 118 g/mol. The maximum absolute atomic E-state index is 8.93. The molecule has 0 spiro atoms. The molecule has 50 valence electrons. The van der Waals surface area contributed by atoms with Crippen LogP contribution in [-0.2, 0) is 7.05 Å². The van der Waals surface area contributed by atoms with E-state index >= 15 is 0 Å². The first-order valence-electron chi connectivity index (χ1n) is 2.78. The van der Waals surface area contributed by atoms with Crippen LogP contribution in [0, 0.1) is 13.8 Å². The fourth-order valence-electron chi connectivity index (χ4n) is 0.662. The lowest BCUT2D eigenvalue weighted by atomic mass is 10.5. The molecule has 1 heterocycles. The number of aromatic nitrogens is 1. The topological polar surface area (TPSA) is 37.3 Å². The molecule has 0 aliphatic heterocycles. The van der Waals surface area contributed by atoms with Gasteiger partial charge in [0.05, 0.1) is 6.92 Å². The molecule has 0 amide bonds. The Labute approximate surface area is 53.5 Å². The van der Waals surface area contributed by atoms with Gasteiger partial charge in [0, 0.05) is 6.92 Å². The van der Waals surface area contributed by atoms with Gasteiger partial charge in [-0.15, -0.1) is 0 Å². The Bertz CT molecular complexity index is 205. The summed E-state index contributed by atoms with van der Waals surface area (Å²) in [5.74, 6) is 0.722. The molecule has 1 rings (SSSR count). The van der Waals surface area contributed by atoms with E-state index < -0.39 is 0 Å². The van der Waals surface area contributed by atoms with Crippen molar-refractivity contribution in [1.82, 2.24) is 0 Å². The van der Waals surface area contributed by atoms with Gasteiger partial charge in [-0.25, -0.2) is 0 Å². The van der Waals surface area contributed by atoms with Crippen molar-refractivity contribution in [3.8, 4) is 5.95 Å². The Morgan fingerprint density at radius 3 is 2.11 bits per heavy atom. The summed E-state index contributed by atoms with van der Waals surface area (Å²) in [5.41, 5.74) is 0.757. The van der Waals surface area contributed by atoms with Crippen molar-refractivity contribution >= 4 is 0 Å². The molecule has 0 saturated heterocycles. The maximum Gasteiger partial charge on any atom is 0.356 e. The van der Waals surface area contributed by atoms with Crippen LogP contribution >= 0.6 is 0 Å². The molecule has 0 aliphatic rings. The average Bonchev–Trinajstić information content (AvgIpc) is 1.98. The number of hydrogen-bond donors (Lipinski definition) is 1. The van der Waals surface area contributed by atoms with Crippen LogP contribution in [0.5, 0.6) is 5.95 Å². The lowest BCUT2D eigenvalue weighted by molar-refractivity contribution is -0.687. The van der Waals surface area contributed by atoms with Crippen LogP contribution in [0.15, 0.2) is 4.42 Å². The molecule has 0 aliphatic carbocycles. The third-order valence-corrected chi connectivity index (χ3v) is 1.53. The van der Waals surface area contributed by atoms with Crippen LogP contribution < -0.4 is 4.57 Å². The average molecular weight is 128 g/mol. The smallest absolute Gasteiger partial charge is 0.356 e. The maximum atomic E-state index is 8.93. The number of aryl methyl sites for hydroxylation is 1. The summed E-state index contributed by atoms with van der Waals surface area (Å²) in [6.45, 7) is 3.60. The summed E-state index contributed by atoms with van der Waals surface area (Å²) >= 11 is 0. The second-order valence-electron chi connectivity index (χ2n) is 2.07. The number of hydrogen-bond acceptors (Lipinski definition) is 2. The van der Waals surface area contributed by atoms with Crippen molar-refractivity contribution in [3.05, 3.63) is 11.6 Å². The number of oxazole rings is 1. The zero-order valence-electron chi connectivity index (χ0n) is 5.80. The third kappa shape index (κ3) is 0.781. The lowest BCUT2D eigenvalue weighted by Crippen LogP contribution is -2.31. The number of nitrogens with zero attached hydrogens (tertiary/aromatic N) is 1. The monoisotopic (exact) mass is 128 g/mol. The van der Waals surface area contributed by atoms with Gasteiger partial charge in [-0.2, -0.15) is 4.57 Å². The SMILES string of the molecule is Cc1oc(O)c(C)[n+]1C. The molecule has 1 N–H and O–H groups in total. The third-order valence-electron chi connectivity index (χ3n) is 1.53. The van der Waals surface area contributed by atoms with Gasteiger partial charge in [0.15, 0.2) is 0 Å². The Balaban J connectivity index is 3.29. The summed E-state index contributed by atoms with van der Waals surface area (Å²) in [7, 11) is 1.84. The van der Waals surface area contributed by atoms with Gasteiger partial charge in [0.2, 0.25) is 0 Å². The van der Waals surface area contributed by atoms with Crippen molar-refractivity contribution in [2.75, 3.05) is 0 Å². The largest absolute Gasteiger partial charge is 0.476 e. The fourth-order valence-corrected chi connectivity index (χ4v) is 0.662. The zero-order chi connectivity index (χ0) is 7.02. The Morgan fingerprint density at radius 1 is 1.44 bits per heavy atom. The summed E-state index contributed by atoms with van der Waals surface area (Å²) in [5, 5.41) is 8.93. The van der Waals surface area contributed by atoms with E-state index in [1.807, 2.05) is 7.05 Å². The van der Waals surface area contributed by atoms with Crippen LogP contribution in [0.25, 0.3) is 0 Å². The van der Waals surface area contributed by atoms with Gasteiger partial charge in [0.1, 0.15) is 7.05 Å². The second-order valence-corrected chi connectivity index (χ2v) is 2.07. The van der Waals surface area contributed by atoms with Crippen molar-refractivity contribution in [3.63, 3.8) is 0 Å². The molecule has 0 saturated carbocycles. The highest BCUT2D eigenvalue weighted by Gasteiger charge is 2.16. The van der Waals surface area contributed by atoms with Gasteiger partial charge in [-0.1, -0.05) is 0 Å². The highest BCUT2D eigenvalue weighted by Crippen LogP contribution is 2.12. The lowest BCUT2D eigenvalue weighted by Gasteiger charge is -1.78. The number of rotatable bonds is 0. The zero-order valence-corrected chi connectivity index (χ0v) is 5.80. The van der Waals surface area contributed by atoms with E-state index in [-0.39, 0.29) is 5.95 Å². The summed E-state index contributed by atoms with van der Waals surface area (Å²) in [4.78, 5) is 0. The van der Waals surface area contributed by atoms with Crippen molar-refractivity contribution in [2.24, 2.45) is 7.05 Å². The van der Waals surface area contributed by atoms with E-state index in [0.717, 1.165) is 5.69 Å². The molecule has 0 bridgehead atoms.